The number of ether oxygens (including phenoxy) is 1. The van der Waals surface area contributed by atoms with Crippen LogP contribution in [0.1, 0.15) is 30.1 Å². The zero-order valence-corrected chi connectivity index (χ0v) is 18.1. The quantitative estimate of drug-likeness (QED) is 0.700. The second-order valence-electron chi connectivity index (χ2n) is 6.80. The molecule has 2 aromatic carbocycles. The lowest BCUT2D eigenvalue weighted by atomic mass is 10.1. The number of hydrogen-bond acceptors (Lipinski definition) is 5. The van der Waals surface area contributed by atoms with Gasteiger partial charge in [0.1, 0.15) is 5.75 Å². The molecule has 1 aliphatic rings. The smallest absolute Gasteiger partial charge is 0.259 e. The van der Waals surface area contributed by atoms with Crippen molar-refractivity contribution in [1.29, 1.82) is 0 Å². The van der Waals surface area contributed by atoms with Crippen LogP contribution in [0.5, 0.6) is 5.75 Å². The molecule has 1 fully saturated rings. The standard InChI is InChI=1S/C20H22ClN3O5S/c1-13(25)22-18-12-19(29-2)16(11-17(18)21)20(26)23-14-5-7-15(8-6-14)30(27,28)24-9-3-4-10-24/h5-8,11-12H,3-4,9-10H2,1-2H3,(H,22,25)(H,23,26). The Bertz CT molecular complexity index is 1060. The molecule has 1 heterocycles. The lowest BCUT2D eigenvalue weighted by Crippen LogP contribution is -2.27. The van der Waals surface area contributed by atoms with E-state index in [1.807, 2.05) is 0 Å². The van der Waals surface area contributed by atoms with Crippen LogP contribution < -0.4 is 15.4 Å². The summed E-state index contributed by atoms with van der Waals surface area (Å²) in [6.07, 6.45) is 1.72. The molecule has 10 heteroatoms. The first-order valence-corrected chi connectivity index (χ1v) is 11.1. The zero-order chi connectivity index (χ0) is 21.9. The number of benzene rings is 2. The van der Waals surface area contributed by atoms with Crippen molar-refractivity contribution in [3.05, 3.63) is 47.0 Å². The van der Waals surface area contributed by atoms with Gasteiger partial charge in [-0.1, -0.05) is 11.6 Å². The highest BCUT2D eigenvalue weighted by molar-refractivity contribution is 7.89. The minimum Gasteiger partial charge on any atom is -0.496 e. The maximum atomic E-state index is 12.7. The molecular formula is C20H22ClN3O5S. The summed E-state index contributed by atoms with van der Waals surface area (Å²) in [4.78, 5) is 24.2. The van der Waals surface area contributed by atoms with Crippen molar-refractivity contribution in [2.24, 2.45) is 0 Å². The molecule has 0 saturated carbocycles. The van der Waals surface area contributed by atoms with E-state index in [0.29, 0.717) is 24.5 Å². The third-order valence-electron chi connectivity index (χ3n) is 4.66. The van der Waals surface area contributed by atoms with Crippen LogP contribution in [0.3, 0.4) is 0 Å². The third kappa shape index (κ3) is 4.75. The lowest BCUT2D eigenvalue weighted by molar-refractivity contribution is -0.114. The van der Waals surface area contributed by atoms with Gasteiger partial charge in [-0.25, -0.2) is 8.42 Å². The number of sulfonamides is 1. The SMILES string of the molecule is COc1cc(NC(C)=O)c(Cl)cc1C(=O)Nc1ccc(S(=O)(=O)N2CCCC2)cc1. The molecule has 2 N–H and O–H groups in total. The first-order chi connectivity index (χ1) is 14.2. The minimum atomic E-state index is -3.52. The van der Waals surface area contributed by atoms with Crippen molar-refractivity contribution in [2.45, 2.75) is 24.7 Å². The predicted octanol–water partition coefficient (Wildman–Crippen LogP) is 3.34. The van der Waals surface area contributed by atoms with E-state index in [1.54, 1.807) is 0 Å². The largest absolute Gasteiger partial charge is 0.496 e. The summed E-state index contributed by atoms with van der Waals surface area (Å²) in [6.45, 7) is 2.39. The number of anilines is 2. The van der Waals surface area contributed by atoms with E-state index in [4.69, 9.17) is 16.3 Å². The van der Waals surface area contributed by atoms with Gasteiger partial charge < -0.3 is 15.4 Å². The van der Waals surface area contributed by atoms with Gasteiger partial charge in [0.15, 0.2) is 0 Å². The number of carbonyl (C=O) groups is 2. The summed E-state index contributed by atoms with van der Waals surface area (Å²) in [5.41, 5.74) is 0.920. The molecular weight excluding hydrogens is 430 g/mol. The summed E-state index contributed by atoms with van der Waals surface area (Å²) >= 11 is 6.16. The van der Waals surface area contributed by atoms with Crippen LogP contribution in [-0.2, 0) is 14.8 Å². The third-order valence-corrected chi connectivity index (χ3v) is 6.89. The summed E-state index contributed by atoms with van der Waals surface area (Å²) in [7, 11) is -2.12. The summed E-state index contributed by atoms with van der Waals surface area (Å²) in [5, 5.41) is 5.44. The van der Waals surface area contributed by atoms with Crippen molar-refractivity contribution < 1.29 is 22.7 Å². The Morgan fingerprint density at radius 2 is 1.70 bits per heavy atom. The fourth-order valence-corrected chi connectivity index (χ4v) is 4.90. The van der Waals surface area contributed by atoms with Crippen LogP contribution in [0.15, 0.2) is 41.3 Å². The monoisotopic (exact) mass is 451 g/mol. The summed E-state index contributed by atoms with van der Waals surface area (Å²) in [6, 6.07) is 8.85. The predicted molar refractivity (Wildman–Crippen MR) is 115 cm³/mol. The van der Waals surface area contributed by atoms with E-state index < -0.39 is 15.9 Å². The molecule has 0 bridgehead atoms. The molecule has 0 aromatic heterocycles. The van der Waals surface area contributed by atoms with E-state index in [-0.39, 0.29) is 27.1 Å². The Morgan fingerprint density at radius 1 is 1.07 bits per heavy atom. The van der Waals surface area contributed by atoms with Gasteiger partial charge in [0, 0.05) is 31.8 Å². The molecule has 0 aliphatic carbocycles. The highest BCUT2D eigenvalue weighted by Crippen LogP contribution is 2.31. The molecule has 160 valence electrons. The molecule has 0 atom stereocenters. The van der Waals surface area contributed by atoms with Gasteiger partial charge in [0.05, 0.1) is 28.3 Å². The van der Waals surface area contributed by atoms with Crippen LogP contribution in [0, 0.1) is 0 Å². The highest BCUT2D eigenvalue weighted by atomic mass is 35.5. The van der Waals surface area contributed by atoms with Gasteiger partial charge in [0.25, 0.3) is 5.91 Å². The molecule has 1 saturated heterocycles. The van der Waals surface area contributed by atoms with E-state index in [2.05, 4.69) is 10.6 Å². The van der Waals surface area contributed by atoms with Gasteiger partial charge in [-0.2, -0.15) is 4.31 Å². The van der Waals surface area contributed by atoms with Gasteiger partial charge in [0.2, 0.25) is 15.9 Å². The Morgan fingerprint density at radius 3 is 2.27 bits per heavy atom. The maximum Gasteiger partial charge on any atom is 0.259 e. The summed E-state index contributed by atoms with van der Waals surface area (Å²) in [5.74, 6) is -0.563. The fraction of sp³-hybridized carbons (Fsp3) is 0.300. The van der Waals surface area contributed by atoms with Crippen molar-refractivity contribution in [3.8, 4) is 5.75 Å². The van der Waals surface area contributed by atoms with Crippen LogP contribution in [0.4, 0.5) is 11.4 Å². The number of halogens is 1. The van der Waals surface area contributed by atoms with Crippen LogP contribution in [0.2, 0.25) is 5.02 Å². The molecule has 30 heavy (non-hydrogen) atoms. The van der Waals surface area contributed by atoms with Gasteiger partial charge in [-0.05, 0) is 43.2 Å². The number of methoxy groups -OCH3 is 1. The number of nitrogens with zero attached hydrogens (tertiary/aromatic N) is 1. The molecule has 8 nitrogen and oxygen atoms in total. The molecule has 3 rings (SSSR count). The summed E-state index contributed by atoms with van der Waals surface area (Å²) < 4.78 is 31.9. The number of carbonyl (C=O) groups excluding carboxylic acids is 2. The average molecular weight is 452 g/mol. The highest BCUT2D eigenvalue weighted by Gasteiger charge is 2.27. The maximum absolute atomic E-state index is 12.7. The van der Waals surface area contributed by atoms with Crippen LogP contribution in [-0.4, -0.2) is 44.7 Å². The fourth-order valence-electron chi connectivity index (χ4n) is 3.17. The Kier molecular flexibility index (Phi) is 6.64. The van der Waals surface area contributed by atoms with Crippen LogP contribution >= 0.6 is 11.6 Å². The molecule has 2 aromatic rings. The molecule has 2 amide bonds. The second-order valence-corrected chi connectivity index (χ2v) is 9.15. The first-order valence-electron chi connectivity index (χ1n) is 9.29. The molecule has 0 radical (unpaired) electrons. The number of rotatable bonds is 6. The second kappa shape index (κ2) is 9.03. The Hall–Kier alpha value is -2.62. The normalized spacial score (nSPS) is 14.4. The van der Waals surface area contributed by atoms with Gasteiger partial charge in [-0.15, -0.1) is 0 Å². The van der Waals surface area contributed by atoms with E-state index in [9.17, 15) is 18.0 Å². The number of amides is 2. The van der Waals surface area contributed by atoms with Crippen molar-refractivity contribution in [3.63, 3.8) is 0 Å². The lowest BCUT2D eigenvalue weighted by Gasteiger charge is -2.16. The number of hydrogen-bond donors (Lipinski definition) is 2. The minimum absolute atomic E-state index is 0.172. The van der Waals surface area contributed by atoms with Crippen molar-refractivity contribution in [1.82, 2.24) is 4.31 Å². The van der Waals surface area contributed by atoms with Crippen LogP contribution in [0.25, 0.3) is 0 Å². The van der Waals surface area contributed by atoms with E-state index in [0.717, 1.165) is 12.8 Å². The van der Waals surface area contributed by atoms with Crippen molar-refractivity contribution >= 4 is 44.8 Å². The zero-order valence-electron chi connectivity index (χ0n) is 16.6. The topological polar surface area (TPSA) is 105 Å². The van der Waals surface area contributed by atoms with Crippen molar-refractivity contribution in [2.75, 3.05) is 30.8 Å². The van der Waals surface area contributed by atoms with Gasteiger partial charge in [-0.3, -0.25) is 9.59 Å². The first kappa shape index (κ1) is 22.1. The van der Waals surface area contributed by atoms with E-state index in [1.165, 1.54) is 54.7 Å². The molecule has 0 unspecified atom stereocenters. The molecule has 0 spiro atoms. The Labute approximate surface area is 180 Å². The number of nitrogens with one attached hydrogen (secondary N) is 2. The molecule has 1 aliphatic heterocycles. The Balaban J connectivity index is 1.79. The average Bonchev–Trinajstić information content (AvgIpc) is 3.25. The van der Waals surface area contributed by atoms with E-state index >= 15 is 0 Å². The van der Waals surface area contributed by atoms with Gasteiger partial charge >= 0.3 is 0 Å².